The number of nitrogens with zero attached hydrogens (tertiary/aromatic N) is 1. The second-order valence-corrected chi connectivity index (χ2v) is 9.14. The monoisotopic (exact) mass is 429 g/mol. The Morgan fingerprint density at radius 1 is 0.857 bits per heavy atom. The number of halogens is 6. The van der Waals surface area contributed by atoms with Crippen molar-refractivity contribution < 1.29 is 39.6 Å². The summed E-state index contributed by atoms with van der Waals surface area (Å²) >= 11 is 0. The highest BCUT2D eigenvalue weighted by Gasteiger charge is 2.46. The molecule has 1 aromatic rings. The summed E-state index contributed by atoms with van der Waals surface area (Å²) in [7, 11) is -4.57. The molecule has 1 saturated heterocycles. The standard InChI is InChI=1S/C17H17F6NO3S/c18-16(19,20)11-8-12(17(21,22)23)10-13(9-11)28(26,27)24-6-4-15(5-7-24)3-1-2-14(15)25/h8-10H,1-7H2. The number of rotatable bonds is 2. The smallest absolute Gasteiger partial charge is 0.299 e. The van der Waals surface area contributed by atoms with Crippen LogP contribution in [0.2, 0.25) is 0 Å². The number of benzene rings is 1. The van der Waals surface area contributed by atoms with Crippen LogP contribution < -0.4 is 0 Å². The SMILES string of the molecule is O=C1CCCC12CCN(S(=O)(=O)c1cc(C(F)(F)F)cc(C(F)(F)F)c1)CC2. The summed E-state index contributed by atoms with van der Waals surface area (Å²) in [5.74, 6) is 0.0444. The molecule has 1 aromatic carbocycles. The fourth-order valence-corrected chi connectivity index (χ4v) is 5.41. The van der Waals surface area contributed by atoms with Crippen molar-refractivity contribution in [3.8, 4) is 0 Å². The Balaban J connectivity index is 1.95. The Hall–Kier alpha value is -1.62. The molecule has 3 rings (SSSR count). The van der Waals surface area contributed by atoms with E-state index in [0.29, 0.717) is 19.3 Å². The minimum atomic E-state index is -5.13. The molecule has 0 atom stereocenters. The van der Waals surface area contributed by atoms with Gasteiger partial charge in [0.2, 0.25) is 10.0 Å². The molecule has 2 aliphatic rings. The first-order valence-corrected chi connectivity index (χ1v) is 10.0. The number of carbonyl (C=O) groups excluding carboxylic acids is 1. The lowest BCUT2D eigenvalue weighted by Crippen LogP contribution is -2.44. The van der Waals surface area contributed by atoms with Gasteiger partial charge >= 0.3 is 12.4 Å². The first kappa shape index (κ1) is 21.1. The molecule has 1 spiro atoms. The van der Waals surface area contributed by atoms with Gasteiger partial charge in [0.25, 0.3) is 0 Å². The summed E-state index contributed by atoms with van der Waals surface area (Å²) in [5, 5.41) is 0. The molecule has 0 aromatic heterocycles. The molecular weight excluding hydrogens is 412 g/mol. The number of hydrogen-bond donors (Lipinski definition) is 0. The van der Waals surface area contributed by atoms with Crippen LogP contribution in [0, 0.1) is 5.41 Å². The van der Waals surface area contributed by atoms with Crippen molar-refractivity contribution in [3.05, 3.63) is 29.3 Å². The van der Waals surface area contributed by atoms with Crippen molar-refractivity contribution in [1.29, 1.82) is 0 Å². The van der Waals surface area contributed by atoms with Crippen LogP contribution in [-0.2, 0) is 27.2 Å². The van der Waals surface area contributed by atoms with Gasteiger partial charge in [0.05, 0.1) is 16.0 Å². The van der Waals surface area contributed by atoms with E-state index < -0.39 is 43.8 Å². The van der Waals surface area contributed by atoms with E-state index in [9.17, 15) is 39.6 Å². The first-order valence-electron chi connectivity index (χ1n) is 8.59. The maximum absolute atomic E-state index is 13.0. The zero-order chi connectivity index (χ0) is 21.0. The van der Waals surface area contributed by atoms with Crippen molar-refractivity contribution >= 4 is 15.8 Å². The highest BCUT2D eigenvalue weighted by Crippen LogP contribution is 2.45. The highest BCUT2D eigenvalue weighted by molar-refractivity contribution is 7.89. The molecule has 0 unspecified atom stereocenters. The second kappa shape index (κ2) is 6.72. The molecule has 4 nitrogen and oxygen atoms in total. The van der Waals surface area contributed by atoms with Crippen LogP contribution in [0.4, 0.5) is 26.3 Å². The van der Waals surface area contributed by atoms with Crippen LogP contribution in [-0.4, -0.2) is 31.6 Å². The van der Waals surface area contributed by atoms with Crippen molar-refractivity contribution in [1.82, 2.24) is 4.31 Å². The third-order valence-electron chi connectivity index (χ3n) is 5.53. The van der Waals surface area contributed by atoms with Crippen LogP contribution in [0.25, 0.3) is 0 Å². The van der Waals surface area contributed by atoms with E-state index in [0.717, 1.165) is 4.31 Å². The van der Waals surface area contributed by atoms with Gasteiger partial charge in [-0.2, -0.15) is 30.6 Å². The van der Waals surface area contributed by atoms with Crippen molar-refractivity contribution in [2.24, 2.45) is 5.41 Å². The minimum absolute atomic E-state index is 0.0444. The first-order chi connectivity index (χ1) is 12.8. The van der Waals surface area contributed by atoms with Gasteiger partial charge in [0, 0.05) is 24.9 Å². The lowest BCUT2D eigenvalue weighted by atomic mass is 9.77. The van der Waals surface area contributed by atoms with Crippen LogP contribution in [0.5, 0.6) is 0 Å². The summed E-state index contributed by atoms with van der Waals surface area (Å²) < 4.78 is 104. The molecule has 156 valence electrons. The molecule has 1 aliphatic heterocycles. The Morgan fingerprint density at radius 3 is 1.75 bits per heavy atom. The van der Waals surface area contributed by atoms with Crippen LogP contribution in [0.3, 0.4) is 0 Å². The predicted octanol–water partition coefficient (Wildman–Crippen LogP) is 4.25. The van der Waals surface area contributed by atoms with E-state index in [2.05, 4.69) is 0 Å². The Labute approximate surface area is 157 Å². The topological polar surface area (TPSA) is 54.5 Å². The quantitative estimate of drug-likeness (QED) is 0.661. The zero-order valence-electron chi connectivity index (χ0n) is 14.5. The van der Waals surface area contributed by atoms with Crippen LogP contribution in [0.15, 0.2) is 23.1 Å². The Kier molecular flexibility index (Phi) is 5.06. The van der Waals surface area contributed by atoms with Crippen molar-refractivity contribution in [2.75, 3.05) is 13.1 Å². The summed E-state index contributed by atoms with van der Waals surface area (Å²) in [6.45, 7) is -0.239. The summed E-state index contributed by atoms with van der Waals surface area (Å²) in [4.78, 5) is 11.0. The van der Waals surface area contributed by atoms with Crippen LogP contribution >= 0.6 is 0 Å². The van der Waals surface area contributed by atoms with Gasteiger partial charge in [0.1, 0.15) is 5.78 Å². The van der Waals surface area contributed by atoms with Gasteiger partial charge in [0.15, 0.2) is 0 Å². The number of sulfonamides is 1. The van der Waals surface area contributed by atoms with Gasteiger partial charge in [-0.15, -0.1) is 0 Å². The van der Waals surface area contributed by atoms with Gasteiger partial charge in [-0.3, -0.25) is 4.79 Å². The molecule has 0 amide bonds. The maximum Gasteiger partial charge on any atom is 0.416 e. The van der Waals surface area contributed by atoms with Crippen molar-refractivity contribution in [2.45, 2.75) is 49.4 Å². The lowest BCUT2D eigenvalue weighted by Gasteiger charge is -2.37. The predicted molar refractivity (Wildman–Crippen MR) is 85.7 cm³/mol. The molecule has 0 bridgehead atoms. The molecule has 11 heteroatoms. The van der Waals surface area contributed by atoms with E-state index >= 15 is 0 Å². The largest absolute Gasteiger partial charge is 0.416 e. The molecule has 1 heterocycles. The van der Waals surface area contributed by atoms with E-state index in [-0.39, 0.29) is 49.9 Å². The highest BCUT2D eigenvalue weighted by atomic mass is 32.2. The number of alkyl halides is 6. The van der Waals surface area contributed by atoms with Gasteiger partial charge < -0.3 is 0 Å². The van der Waals surface area contributed by atoms with Gasteiger partial charge in [-0.25, -0.2) is 8.42 Å². The second-order valence-electron chi connectivity index (χ2n) is 7.20. The van der Waals surface area contributed by atoms with Crippen LogP contribution in [0.1, 0.15) is 43.2 Å². The minimum Gasteiger partial charge on any atom is -0.299 e. The maximum atomic E-state index is 13.0. The van der Waals surface area contributed by atoms with E-state index in [1.807, 2.05) is 0 Å². The summed E-state index contributed by atoms with van der Waals surface area (Å²) in [5.41, 5.74) is -3.97. The number of hydrogen-bond acceptors (Lipinski definition) is 3. The van der Waals surface area contributed by atoms with Gasteiger partial charge in [-0.1, -0.05) is 0 Å². The number of Topliss-reactive ketones (excluding diaryl/α,β-unsaturated/α-hetero) is 1. The Morgan fingerprint density at radius 2 is 1.36 bits per heavy atom. The normalized spacial score (nSPS) is 21.4. The Bertz CT molecular complexity index is 851. The fraction of sp³-hybridized carbons (Fsp3) is 0.588. The van der Waals surface area contributed by atoms with Gasteiger partial charge in [-0.05, 0) is 43.9 Å². The molecule has 1 aliphatic carbocycles. The lowest BCUT2D eigenvalue weighted by molar-refractivity contribution is -0.143. The average Bonchev–Trinajstić information content (AvgIpc) is 2.93. The third kappa shape index (κ3) is 3.78. The molecule has 1 saturated carbocycles. The van der Waals surface area contributed by atoms with E-state index in [4.69, 9.17) is 0 Å². The number of carbonyl (C=O) groups is 1. The number of piperidine rings is 1. The zero-order valence-corrected chi connectivity index (χ0v) is 15.3. The average molecular weight is 429 g/mol. The molecule has 0 N–H and O–H groups in total. The molecule has 28 heavy (non-hydrogen) atoms. The van der Waals surface area contributed by atoms with E-state index in [1.54, 1.807) is 0 Å². The van der Waals surface area contributed by atoms with Crippen molar-refractivity contribution in [3.63, 3.8) is 0 Å². The molecule has 0 radical (unpaired) electrons. The number of ketones is 1. The molecular formula is C17H17F6NO3S. The van der Waals surface area contributed by atoms with E-state index in [1.165, 1.54) is 0 Å². The summed E-state index contributed by atoms with van der Waals surface area (Å²) in [6, 6.07) is 0.326. The fourth-order valence-electron chi connectivity index (χ4n) is 3.90. The summed E-state index contributed by atoms with van der Waals surface area (Å²) in [6.07, 6.45) is -8.08. The third-order valence-corrected chi connectivity index (χ3v) is 7.41. The molecule has 2 fully saturated rings.